The van der Waals surface area contributed by atoms with Crippen molar-refractivity contribution >= 4 is 17.7 Å². The maximum absolute atomic E-state index is 12.3. The summed E-state index contributed by atoms with van der Waals surface area (Å²) < 4.78 is 10.1. The monoisotopic (exact) mass is 344 g/mol. The molecule has 132 valence electrons. The number of benzene rings is 1. The Morgan fingerprint density at radius 2 is 2.20 bits per heavy atom. The van der Waals surface area contributed by atoms with Crippen LogP contribution in [0, 0.1) is 5.92 Å². The lowest BCUT2D eigenvalue weighted by Gasteiger charge is -2.16. The molecule has 0 fully saturated rings. The van der Waals surface area contributed by atoms with Gasteiger partial charge >= 0.3 is 12.0 Å². The molecule has 0 aliphatic carbocycles. The Kier molecular flexibility index (Phi) is 4.69. The van der Waals surface area contributed by atoms with Crippen molar-refractivity contribution in [1.29, 1.82) is 0 Å². The number of urea groups is 1. The summed E-state index contributed by atoms with van der Waals surface area (Å²) in [6.45, 7) is 4.62. The Balaban J connectivity index is 1.60. The highest BCUT2D eigenvalue weighted by Crippen LogP contribution is 2.23. The van der Waals surface area contributed by atoms with Crippen LogP contribution in [0.3, 0.4) is 0 Å². The van der Waals surface area contributed by atoms with E-state index in [4.69, 9.17) is 9.26 Å². The number of hydrogen-bond donors (Lipinski definition) is 1. The van der Waals surface area contributed by atoms with Crippen molar-refractivity contribution in [3.8, 4) is 0 Å². The third-order valence-electron chi connectivity index (χ3n) is 3.76. The minimum Gasteiger partial charge on any atom is -0.457 e. The molecule has 25 heavy (non-hydrogen) atoms. The van der Waals surface area contributed by atoms with Crippen LogP contribution in [0.5, 0.6) is 0 Å². The number of aromatic nitrogens is 2. The Morgan fingerprint density at radius 3 is 2.96 bits per heavy atom. The molecule has 0 unspecified atom stereocenters. The quantitative estimate of drug-likeness (QED) is 0.837. The molecular weight excluding hydrogens is 324 g/mol. The van der Waals surface area contributed by atoms with Gasteiger partial charge in [0.15, 0.2) is 5.82 Å². The summed E-state index contributed by atoms with van der Waals surface area (Å²) >= 11 is 0. The van der Waals surface area contributed by atoms with Crippen molar-refractivity contribution in [3.63, 3.8) is 0 Å². The number of nitrogens with one attached hydrogen (secondary N) is 1. The van der Waals surface area contributed by atoms with Crippen molar-refractivity contribution < 1.29 is 18.8 Å². The lowest BCUT2D eigenvalue weighted by atomic mass is 10.1. The fourth-order valence-corrected chi connectivity index (χ4v) is 2.49. The van der Waals surface area contributed by atoms with Crippen LogP contribution in [0.2, 0.25) is 0 Å². The topological polar surface area (TPSA) is 97.6 Å². The zero-order valence-electron chi connectivity index (χ0n) is 14.4. The van der Waals surface area contributed by atoms with E-state index in [9.17, 15) is 9.59 Å². The number of esters is 1. The highest BCUT2D eigenvalue weighted by molar-refractivity contribution is 5.96. The van der Waals surface area contributed by atoms with E-state index < -0.39 is 0 Å². The fraction of sp³-hybridized carbons (Fsp3) is 0.412. The zero-order chi connectivity index (χ0) is 18.0. The Morgan fingerprint density at radius 1 is 1.40 bits per heavy atom. The molecule has 8 nitrogen and oxygen atoms in total. The maximum Gasteiger partial charge on any atom is 0.338 e. The van der Waals surface area contributed by atoms with Crippen LogP contribution < -0.4 is 5.32 Å². The van der Waals surface area contributed by atoms with Crippen LogP contribution in [-0.2, 0) is 24.3 Å². The lowest BCUT2D eigenvalue weighted by Crippen LogP contribution is -2.31. The molecular formula is C17H20N4O4. The molecule has 1 aromatic heterocycles. The summed E-state index contributed by atoms with van der Waals surface area (Å²) in [7, 11) is 1.63. The second-order valence-corrected chi connectivity index (χ2v) is 6.44. The normalized spacial score (nSPS) is 12.9. The minimum absolute atomic E-state index is 0.198. The first-order valence-corrected chi connectivity index (χ1v) is 8.06. The molecule has 8 heteroatoms. The molecule has 3 rings (SSSR count). The molecule has 1 aliphatic rings. The van der Waals surface area contributed by atoms with Crippen LogP contribution in [0.15, 0.2) is 22.7 Å². The van der Waals surface area contributed by atoms with Crippen molar-refractivity contribution in [2.24, 2.45) is 5.92 Å². The average Bonchev–Trinajstić information content (AvgIpc) is 3.14. The molecule has 1 aromatic carbocycles. The number of nitrogens with zero attached hydrogens (tertiary/aromatic N) is 3. The molecule has 0 radical (unpaired) electrons. The van der Waals surface area contributed by atoms with Gasteiger partial charge in [-0.05, 0) is 18.1 Å². The van der Waals surface area contributed by atoms with Crippen LogP contribution in [0.25, 0.3) is 0 Å². The molecule has 1 N–H and O–H groups in total. The summed E-state index contributed by atoms with van der Waals surface area (Å²) in [6, 6.07) is 4.78. The number of rotatable bonds is 5. The van der Waals surface area contributed by atoms with E-state index in [1.165, 1.54) is 4.90 Å². The van der Waals surface area contributed by atoms with E-state index in [2.05, 4.69) is 29.3 Å². The molecule has 0 saturated carbocycles. The largest absolute Gasteiger partial charge is 0.457 e. The molecule has 2 aromatic rings. The van der Waals surface area contributed by atoms with Crippen molar-refractivity contribution in [1.82, 2.24) is 15.0 Å². The van der Waals surface area contributed by atoms with Gasteiger partial charge in [0.25, 0.3) is 0 Å². The molecule has 2 amide bonds. The smallest absolute Gasteiger partial charge is 0.338 e. The van der Waals surface area contributed by atoms with Crippen LogP contribution in [0.1, 0.15) is 41.5 Å². The van der Waals surface area contributed by atoms with Crippen molar-refractivity contribution in [2.75, 3.05) is 12.4 Å². The number of ether oxygens (including phenoxy) is 1. The molecule has 0 spiro atoms. The second kappa shape index (κ2) is 6.92. The summed E-state index contributed by atoms with van der Waals surface area (Å²) in [6.07, 6.45) is 0.727. The van der Waals surface area contributed by atoms with E-state index >= 15 is 0 Å². The standard InChI is InChI=1S/C17H20N4O4/c1-10(2)6-14-19-15(25-20-14)8-21(3)17(23)18-12-5-4-11-9-24-16(22)13(11)7-12/h4-5,7,10H,6,8-9H2,1-3H3,(H,18,23). The van der Waals surface area contributed by atoms with Gasteiger partial charge in [-0.2, -0.15) is 4.98 Å². The first-order chi connectivity index (χ1) is 11.9. The van der Waals surface area contributed by atoms with Gasteiger partial charge in [0.1, 0.15) is 13.2 Å². The summed E-state index contributed by atoms with van der Waals surface area (Å²) in [4.78, 5) is 29.6. The summed E-state index contributed by atoms with van der Waals surface area (Å²) in [5, 5.41) is 6.65. The van der Waals surface area contributed by atoms with Gasteiger partial charge in [-0.3, -0.25) is 0 Å². The van der Waals surface area contributed by atoms with Gasteiger partial charge in [-0.25, -0.2) is 9.59 Å². The number of carbonyl (C=O) groups is 2. The van der Waals surface area contributed by atoms with E-state index in [-0.39, 0.29) is 25.2 Å². The predicted molar refractivity (Wildman–Crippen MR) is 88.9 cm³/mol. The van der Waals surface area contributed by atoms with Gasteiger partial charge in [0.05, 0.1) is 5.56 Å². The molecule has 0 bridgehead atoms. The number of hydrogen-bond acceptors (Lipinski definition) is 6. The van der Waals surface area contributed by atoms with E-state index in [1.54, 1.807) is 25.2 Å². The minimum atomic E-state index is -0.372. The first-order valence-electron chi connectivity index (χ1n) is 8.06. The molecule has 0 saturated heterocycles. The number of carbonyl (C=O) groups excluding carboxylic acids is 2. The third kappa shape index (κ3) is 3.96. The third-order valence-corrected chi connectivity index (χ3v) is 3.76. The summed E-state index contributed by atoms with van der Waals surface area (Å²) in [5.41, 5.74) is 1.83. The van der Waals surface area contributed by atoms with Gasteiger partial charge in [-0.15, -0.1) is 0 Å². The molecule has 2 heterocycles. The number of fused-ring (bicyclic) bond motifs is 1. The number of cyclic esters (lactones) is 1. The van der Waals surface area contributed by atoms with Crippen molar-refractivity contribution in [2.45, 2.75) is 33.4 Å². The van der Waals surface area contributed by atoms with Gasteiger partial charge < -0.3 is 19.5 Å². The maximum atomic E-state index is 12.3. The number of amides is 2. The van der Waals surface area contributed by atoms with Gasteiger partial charge in [0.2, 0.25) is 5.89 Å². The Hall–Kier alpha value is -2.90. The Labute approximate surface area is 145 Å². The fourth-order valence-electron chi connectivity index (χ4n) is 2.49. The average molecular weight is 344 g/mol. The van der Waals surface area contributed by atoms with Gasteiger partial charge in [0, 0.05) is 24.7 Å². The SMILES string of the molecule is CC(C)Cc1noc(CN(C)C(=O)Nc2ccc3c(c2)C(=O)OC3)n1. The molecule has 1 aliphatic heterocycles. The Bertz CT molecular complexity index is 800. The second-order valence-electron chi connectivity index (χ2n) is 6.44. The van der Waals surface area contributed by atoms with E-state index in [1.807, 2.05) is 0 Å². The zero-order valence-corrected chi connectivity index (χ0v) is 14.4. The van der Waals surface area contributed by atoms with E-state index in [0.29, 0.717) is 28.9 Å². The number of anilines is 1. The van der Waals surface area contributed by atoms with Crippen LogP contribution in [0.4, 0.5) is 10.5 Å². The highest BCUT2D eigenvalue weighted by atomic mass is 16.5. The lowest BCUT2D eigenvalue weighted by molar-refractivity contribution is 0.0535. The first kappa shape index (κ1) is 16.9. The van der Waals surface area contributed by atoms with E-state index in [0.717, 1.165) is 12.0 Å². The van der Waals surface area contributed by atoms with Crippen LogP contribution in [-0.4, -0.2) is 34.1 Å². The highest BCUT2D eigenvalue weighted by Gasteiger charge is 2.22. The summed E-state index contributed by atoms with van der Waals surface area (Å²) in [5.74, 6) is 1.07. The van der Waals surface area contributed by atoms with Crippen molar-refractivity contribution in [3.05, 3.63) is 41.0 Å². The van der Waals surface area contributed by atoms with Crippen LogP contribution >= 0.6 is 0 Å². The van der Waals surface area contributed by atoms with Gasteiger partial charge in [-0.1, -0.05) is 25.1 Å². The predicted octanol–water partition coefficient (Wildman–Crippen LogP) is 2.60. The molecule has 0 atom stereocenters.